The molecule has 1 fully saturated rings. The summed E-state index contributed by atoms with van der Waals surface area (Å²) in [6.07, 6.45) is 0.725. The minimum Gasteiger partial charge on any atom is -0.497 e. The Morgan fingerprint density at radius 3 is 2.52 bits per heavy atom. The van der Waals surface area contributed by atoms with Crippen LogP contribution >= 0.6 is 0 Å². The highest BCUT2D eigenvalue weighted by molar-refractivity contribution is 8.00. The number of carbonyl (C=O) groups excluding carboxylic acids is 1. The summed E-state index contributed by atoms with van der Waals surface area (Å²) in [6.45, 7) is 4.04. The maximum Gasteiger partial charge on any atom is 0.285 e. The van der Waals surface area contributed by atoms with Gasteiger partial charge in [-0.2, -0.15) is 8.42 Å². The molecule has 0 bridgehead atoms. The molecule has 7 nitrogen and oxygen atoms in total. The summed E-state index contributed by atoms with van der Waals surface area (Å²) in [5, 5.41) is 0. The van der Waals surface area contributed by atoms with Crippen molar-refractivity contribution >= 4 is 26.7 Å². The first-order valence-electron chi connectivity index (χ1n) is 10.2. The Balaban J connectivity index is 1.54. The van der Waals surface area contributed by atoms with Crippen LogP contribution in [-0.4, -0.2) is 63.2 Å². The van der Waals surface area contributed by atoms with Gasteiger partial charge in [0, 0.05) is 37.3 Å². The van der Waals surface area contributed by atoms with E-state index in [4.69, 9.17) is 4.74 Å². The quantitative estimate of drug-likeness (QED) is 0.735. The van der Waals surface area contributed by atoms with Crippen LogP contribution < -0.4 is 4.74 Å². The van der Waals surface area contributed by atoms with Gasteiger partial charge >= 0.3 is 0 Å². The molecule has 8 heteroatoms. The first kappa shape index (κ1) is 21.1. The first-order valence-corrected chi connectivity index (χ1v) is 11.6. The van der Waals surface area contributed by atoms with Crippen molar-refractivity contribution in [1.29, 1.82) is 0 Å². The molecule has 1 saturated heterocycles. The summed E-state index contributed by atoms with van der Waals surface area (Å²) in [5.41, 5.74) is 1.87. The molecule has 0 spiro atoms. The van der Waals surface area contributed by atoms with Crippen molar-refractivity contribution in [3.05, 3.63) is 71.3 Å². The zero-order valence-corrected chi connectivity index (χ0v) is 18.4. The van der Waals surface area contributed by atoms with Crippen LogP contribution in [0.4, 0.5) is 0 Å². The molecule has 1 amide bonds. The highest BCUT2D eigenvalue weighted by Crippen LogP contribution is 2.33. The molecule has 2 heterocycles. The molecule has 2 aliphatic heterocycles. The molecular formula is C23H25N3O4S. The monoisotopic (exact) mass is 439 g/mol. The zero-order chi connectivity index (χ0) is 22.0. The maximum atomic E-state index is 13.0. The Kier molecular flexibility index (Phi) is 5.82. The molecule has 0 atom stereocenters. The van der Waals surface area contributed by atoms with Crippen molar-refractivity contribution in [3.63, 3.8) is 0 Å². The molecule has 0 unspecified atom stereocenters. The third kappa shape index (κ3) is 4.20. The largest absolute Gasteiger partial charge is 0.497 e. The number of carbonyl (C=O) groups is 1. The Labute approximate surface area is 182 Å². The van der Waals surface area contributed by atoms with Crippen LogP contribution in [0.15, 0.2) is 64.6 Å². The second-order valence-corrected chi connectivity index (χ2v) is 9.12. The molecule has 0 radical (unpaired) electrons. The van der Waals surface area contributed by atoms with Gasteiger partial charge in [-0.15, -0.1) is 4.40 Å². The van der Waals surface area contributed by atoms with Gasteiger partial charge in [0.05, 0.1) is 7.11 Å². The third-order valence-electron chi connectivity index (χ3n) is 5.58. The highest BCUT2D eigenvalue weighted by Gasteiger charge is 2.34. The standard InChI is InChI=1S/C23H25N3O4S/c1-17-21(18-8-4-3-5-9-18)31(28,29)24-22(17)25-12-7-13-26(15-14-25)23(27)19-10-6-11-20(16-19)30-2/h3-6,8-11,16H,7,12-15H2,1-2H3. The smallest absolute Gasteiger partial charge is 0.285 e. The van der Waals surface area contributed by atoms with E-state index < -0.39 is 10.0 Å². The van der Waals surface area contributed by atoms with Gasteiger partial charge in [-0.3, -0.25) is 4.79 Å². The zero-order valence-electron chi connectivity index (χ0n) is 17.6. The van der Waals surface area contributed by atoms with Gasteiger partial charge in [0.2, 0.25) is 0 Å². The number of hydrogen-bond donors (Lipinski definition) is 0. The molecular weight excluding hydrogens is 414 g/mol. The summed E-state index contributed by atoms with van der Waals surface area (Å²) < 4.78 is 34.9. The number of benzene rings is 2. The summed E-state index contributed by atoms with van der Waals surface area (Å²) in [7, 11) is -2.18. The van der Waals surface area contributed by atoms with Gasteiger partial charge in [0.15, 0.2) is 0 Å². The fourth-order valence-corrected chi connectivity index (χ4v) is 5.53. The Morgan fingerprint density at radius 2 is 1.77 bits per heavy atom. The average Bonchev–Trinajstić information content (AvgIpc) is 2.93. The van der Waals surface area contributed by atoms with Crippen molar-refractivity contribution in [2.24, 2.45) is 4.40 Å². The van der Waals surface area contributed by atoms with E-state index in [1.807, 2.05) is 23.1 Å². The van der Waals surface area contributed by atoms with Crippen molar-refractivity contribution in [2.75, 3.05) is 33.3 Å². The van der Waals surface area contributed by atoms with Gasteiger partial charge in [0.25, 0.3) is 15.9 Å². The van der Waals surface area contributed by atoms with E-state index in [9.17, 15) is 13.2 Å². The second-order valence-electron chi connectivity index (χ2n) is 7.57. The van der Waals surface area contributed by atoms with Crippen molar-refractivity contribution in [3.8, 4) is 5.75 Å². The van der Waals surface area contributed by atoms with Crippen molar-refractivity contribution < 1.29 is 17.9 Å². The average molecular weight is 440 g/mol. The van der Waals surface area contributed by atoms with E-state index >= 15 is 0 Å². The van der Waals surface area contributed by atoms with Gasteiger partial charge in [-0.05, 0) is 37.1 Å². The van der Waals surface area contributed by atoms with Crippen molar-refractivity contribution in [2.45, 2.75) is 13.3 Å². The number of nitrogens with zero attached hydrogens (tertiary/aromatic N) is 3. The van der Waals surface area contributed by atoms with E-state index in [-0.39, 0.29) is 10.8 Å². The van der Waals surface area contributed by atoms with E-state index in [0.29, 0.717) is 54.5 Å². The minimum absolute atomic E-state index is 0.0565. The fraction of sp³-hybridized carbons (Fsp3) is 0.304. The molecule has 0 saturated carbocycles. The normalized spacial score (nSPS) is 18.6. The molecule has 0 N–H and O–H groups in total. The molecule has 0 aromatic heterocycles. The van der Waals surface area contributed by atoms with E-state index in [1.165, 1.54) is 0 Å². The maximum absolute atomic E-state index is 13.0. The van der Waals surface area contributed by atoms with E-state index in [2.05, 4.69) is 4.40 Å². The second kappa shape index (κ2) is 8.55. The molecule has 2 aromatic carbocycles. The van der Waals surface area contributed by atoms with Crippen LogP contribution in [0.25, 0.3) is 4.91 Å². The van der Waals surface area contributed by atoms with Gasteiger partial charge < -0.3 is 14.5 Å². The SMILES string of the molecule is COc1cccc(C(=O)N2CCCN(C3=NS(=O)(=O)C(c4ccccc4)=C3C)CC2)c1. The lowest BCUT2D eigenvalue weighted by atomic mass is 10.1. The van der Waals surface area contributed by atoms with Crippen LogP contribution in [-0.2, 0) is 10.0 Å². The van der Waals surface area contributed by atoms with Crippen LogP contribution in [0.5, 0.6) is 5.75 Å². The van der Waals surface area contributed by atoms with Crippen molar-refractivity contribution in [1.82, 2.24) is 9.80 Å². The lowest BCUT2D eigenvalue weighted by Gasteiger charge is -2.24. The number of sulfonamides is 1. The highest BCUT2D eigenvalue weighted by atomic mass is 32.2. The number of amides is 1. The topological polar surface area (TPSA) is 79.3 Å². The number of amidine groups is 1. The number of ether oxygens (including phenoxy) is 1. The summed E-state index contributed by atoms with van der Waals surface area (Å²) in [4.78, 5) is 17.0. The molecule has 2 aromatic rings. The molecule has 0 aliphatic carbocycles. The Bertz CT molecular complexity index is 1160. The van der Waals surface area contributed by atoms with Crippen LogP contribution in [0.1, 0.15) is 29.3 Å². The Morgan fingerprint density at radius 1 is 1.00 bits per heavy atom. The molecule has 31 heavy (non-hydrogen) atoms. The predicted molar refractivity (Wildman–Crippen MR) is 120 cm³/mol. The van der Waals surface area contributed by atoms with Gasteiger partial charge in [0.1, 0.15) is 16.5 Å². The third-order valence-corrected chi connectivity index (χ3v) is 7.05. The lowest BCUT2D eigenvalue weighted by molar-refractivity contribution is 0.0763. The number of methoxy groups -OCH3 is 1. The van der Waals surface area contributed by atoms with Crippen LogP contribution in [0.3, 0.4) is 0 Å². The summed E-state index contributed by atoms with van der Waals surface area (Å²) >= 11 is 0. The molecule has 4 rings (SSSR count). The Hall–Kier alpha value is -3.13. The van der Waals surface area contributed by atoms with E-state index in [1.54, 1.807) is 55.3 Å². The fourth-order valence-electron chi connectivity index (χ4n) is 4.04. The number of rotatable bonds is 3. The van der Waals surface area contributed by atoms with Gasteiger partial charge in [-0.25, -0.2) is 0 Å². The summed E-state index contributed by atoms with van der Waals surface area (Å²) in [5.74, 6) is 1.07. The van der Waals surface area contributed by atoms with Crippen LogP contribution in [0, 0.1) is 0 Å². The minimum atomic E-state index is -3.75. The predicted octanol–water partition coefficient (Wildman–Crippen LogP) is 3.02. The van der Waals surface area contributed by atoms with Crippen LogP contribution in [0.2, 0.25) is 0 Å². The number of hydrogen-bond acceptors (Lipinski definition) is 5. The first-order chi connectivity index (χ1) is 14.9. The van der Waals surface area contributed by atoms with E-state index in [0.717, 1.165) is 6.42 Å². The van der Waals surface area contributed by atoms with Gasteiger partial charge in [-0.1, -0.05) is 36.4 Å². The summed E-state index contributed by atoms with van der Waals surface area (Å²) in [6, 6.07) is 16.2. The molecule has 2 aliphatic rings. The molecule has 162 valence electrons. The lowest BCUT2D eigenvalue weighted by Crippen LogP contribution is -2.37.